The molecule has 18 heavy (non-hydrogen) atoms. The zero-order chi connectivity index (χ0) is 13.8. The summed E-state index contributed by atoms with van der Waals surface area (Å²) in [4.78, 5) is 25.7. The zero-order valence-electron chi connectivity index (χ0n) is 9.47. The number of hydrogen-bond donors (Lipinski definition) is 3. The van der Waals surface area contributed by atoms with Crippen LogP contribution in [0.1, 0.15) is 5.69 Å². The number of aromatic nitrogens is 1. The van der Waals surface area contributed by atoms with Gasteiger partial charge in [-0.15, -0.1) is 11.3 Å². The van der Waals surface area contributed by atoms with E-state index in [1.165, 1.54) is 0 Å². The molecule has 4 N–H and O–H groups in total. The highest BCUT2D eigenvalue weighted by Crippen LogP contribution is 2.16. The number of thiazole rings is 1. The number of anilines is 1. The monoisotopic (exact) mass is 292 g/mol. The van der Waals surface area contributed by atoms with Crippen molar-refractivity contribution in [1.82, 2.24) is 10.3 Å². The summed E-state index contributed by atoms with van der Waals surface area (Å²) in [6.45, 7) is -0.239. The summed E-state index contributed by atoms with van der Waals surface area (Å²) >= 11 is 1.07. The van der Waals surface area contributed by atoms with Crippen LogP contribution in [0.3, 0.4) is 0 Å². The van der Waals surface area contributed by atoms with E-state index >= 15 is 0 Å². The van der Waals surface area contributed by atoms with Gasteiger partial charge in [0.25, 0.3) is 0 Å². The lowest BCUT2D eigenvalue weighted by molar-refractivity contribution is -0.124. The molecule has 0 fully saturated rings. The quantitative estimate of drug-likeness (QED) is 0.597. The molecule has 0 aliphatic heterocycles. The lowest BCUT2D eigenvalue weighted by atomic mass is 10.3. The molecule has 0 aliphatic rings. The van der Waals surface area contributed by atoms with Gasteiger partial charge in [-0.2, -0.15) is 0 Å². The molecular formula is C8H12N4O4S2. The van der Waals surface area contributed by atoms with Gasteiger partial charge in [-0.25, -0.2) is 13.4 Å². The van der Waals surface area contributed by atoms with E-state index in [1.54, 1.807) is 5.38 Å². The van der Waals surface area contributed by atoms with E-state index in [9.17, 15) is 18.0 Å². The van der Waals surface area contributed by atoms with Gasteiger partial charge < -0.3 is 11.1 Å². The topological polar surface area (TPSA) is 131 Å². The molecule has 1 aromatic rings. The summed E-state index contributed by atoms with van der Waals surface area (Å²) in [6, 6.07) is 0. The van der Waals surface area contributed by atoms with Crippen molar-refractivity contribution < 1.29 is 18.0 Å². The molecule has 0 atom stereocenters. The summed E-state index contributed by atoms with van der Waals surface area (Å²) < 4.78 is 24.1. The Labute approximate surface area is 108 Å². The molecule has 10 heteroatoms. The third-order valence-corrected chi connectivity index (χ3v) is 3.13. The number of primary amides is 1. The zero-order valence-corrected chi connectivity index (χ0v) is 11.1. The number of amides is 2. The van der Waals surface area contributed by atoms with Gasteiger partial charge in [0.15, 0.2) is 5.13 Å². The van der Waals surface area contributed by atoms with Crippen molar-refractivity contribution in [2.75, 3.05) is 17.5 Å². The summed E-state index contributed by atoms with van der Waals surface area (Å²) in [5.41, 5.74) is 5.27. The number of sulfonamides is 1. The first-order chi connectivity index (χ1) is 8.26. The fourth-order valence-electron chi connectivity index (χ4n) is 1.01. The maximum absolute atomic E-state index is 11.3. The van der Waals surface area contributed by atoms with Crippen molar-refractivity contribution in [2.24, 2.45) is 5.73 Å². The normalized spacial score (nSPS) is 10.9. The van der Waals surface area contributed by atoms with E-state index in [4.69, 9.17) is 5.73 Å². The number of nitrogens with zero attached hydrogens (tertiary/aromatic N) is 1. The van der Waals surface area contributed by atoms with Crippen molar-refractivity contribution in [3.05, 3.63) is 11.1 Å². The molecule has 0 aliphatic carbocycles. The largest absolute Gasteiger partial charge is 0.368 e. The first kappa shape index (κ1) is 14.4. The first-order valence-electron chi connectivity index (χ1n) is 4.73. The van der Waals surface area contributed by atoms with Crippen molar-refractivity contribution >= 4 is 38.3 Å². The number of nitrogens with one attached hydrogen (secondary N) is 2. The van der Waals surface area contributed by atoms with Gasteiger partial charge in [0.1, 0.15) is 0 Å². The van der Waals surface area contributed by atoms with E-state index in [-0.39, 0.29) is 18.1 Å². The Bertz CT molecular complexity index is 551. The van der Waals surface area contributed by atoms with Gasteiger partial charge >= 0.3 is 0 Å². The Morgan fingerprint density at radius 2 is 2.17 bits per heavy atom. The molecule has 1 aromatic heterocycles. The van der Waals surface area contributed by atoms with Crippen LogP contribution in [-0.4, -0.2) is 38.0 Å². The van der Waals surface area contributed by atoms with Crippen LogP contribution in [0.15, 0.2) is 5.38 Å². The minimum absolute atomic E-state index is 0.0464. The summed E-state index contributed by atoms with van der Waals surface area (Å²) in [7, 11) is -3.38. The molecule has 0 radical (unpaired) electrons. The molecule has 0 aromatic carbocycles. The molecule has 8 nitrogen and oxygen atoms in total. The van der Waals surface area contributed by atoms with E-state index in [1.807, 2.05) is 0 Å². The molecule has 0 saturated heterocycles. The Hall–Kier alpha value is -1.68. The van der Waals surface area contributed by atoms with Crippen LogP contribution in [-0.2, 0) is 26.0 Å². The van der Waals surface area contributed by atoms with Crippen LogP contribution < -0.4 is 15.8 Å². The Kier molecular flexibility index (Phi) is 4.62. The van der Waals surface area contributed by atoms with Crippen molar-refractivity contribution in [1.29, 1.82) is 0 Å². The van der Waals surface area contributed by atoms with E-state index in [0.29, 0.717) is 5.69 Å². The van der Waals surface area contributed by atoms with Crippen molar-refractivity contribution in [3.8, 4) is 0 Å². The van der Waals surface area contributed by atoms with Gasteiger partial charge in [-0.05, 0) is 0 Å². The summed E-state index contributed by atoms with van der Waals surface area (Å²) in [5.74, 6) is -1.05. The van der Waals surface area contributed by atoms with Gasteiger partial charge in [0.05, 0.1) is 24.9 Å². The number of rotatable bonds is 6. The predicted molar refractivity (Wildman–Crippen MR) is 66.5 cm³/mol. The smallest absolute Gasteiger partial charge is 0.236 e. The molecule has 0 unspecified atom stereocenters. The second kappa shape index (κ2) is 5.78. The highest BCUT2D eigenvalue weighted by Gasteiger charge is 2.10. The maximum Gasteiger partial charge on any atom is 0.236 e. The van der Waals surface area contributed by atoms with Crippen LogP contribution in [0.2, 0.25) is 0 Å². The fraction of sp³-hybridized carbons (Fsp3) is 0.375. The third kappa shape index (κ3) is 5.59. The van der Waals surface area contributed by atoms with Gasteiger partial charge in [0, 0.05) is 5.38 Å². The Balaban J connectivity index is 2.54. The molecule has 1 heterocycles. The molecular weight excluding hydrogens is 280 g/mol. The maximum atomic E-state index is 11.3. The van der Waals surface area contributed by atoms with Gasteiger partial charge in [-0.3, -0.25) is 14.3 Å². The van der Waals surface area contributed by atoms with Crippen LogP contribution in [0.4, 0.5) is 5.13 Å². The lowest BCUT2D eigenvalue weighted by Gasteiger charge is -2.00. The number of carbonyl (C=O) groups is 2. The van der Waals surface area contributed by atoms with E-state index in [2.05, 4.69) is 15.0 Å². The minimum Gasteiger partial charge on any atom is -0.368 e. The molecule has 0 spiro atoms. The lowest BCUT2D eigenvalue weighted by Crippen LogP contribution is -2.34. The standard InChI is InChI=1S/C8H12N4O4S2/c1-18(15,16)12-8-11-5(4-17-8)2-7(14)10-3-6(9)13/h4H,2-3H2,1H3,(H2,9,13)(H,10,14)(H,11,12). The van der Waals surface area contributed by atoms with E-state index < -0.39 is 21.8 Å². The number of carbonyl (C=O) groups excluding carboxylic acids is 2. The van der Waals surface area contributed by atoms with Crippen molar-refractivity contribution in [3.63, 3.8) is 0 Å². The highest BCUT2D eigenvalue weighted by atomic mass is 32.2. The van der Waals surface area contributed by atoms with Gasteiger partial charge in [-0.1, -0.05) is 0 Å². The molecule has 100 valence electrons. The Morgan fingerprint density at radius 1 is 1.50 bits per heavy atom. The van der Waals surface area contributed by atoms with Crippen LogP contribution >= 0.6 is 11.3 Å². The number of nitrogens with two attached hydrogens (primary N) is 1. The second-order valence-corrected chi connectivity index (χ2v) is 6.04. The van der Waals surface area contributed by atoms with Gasteiger partial charge in [0.2, 0.25) is 21.8 Å². The molecule has 0 saturated carbocycles. The average Bonchev–Trinajstić information content (AvgIpc) is 2.59. The second-order valence-electron chi connectivity index (χ2n) is 3.44. The van der Waals surface area contributed by atoms with Crippen LogP contribution in [0, 0.1) is 0 Å². The molecule has 0 bridgehead atoms. The highest BCUT2D eigenvalue weighted by molar-refractivity contribution is 7.92. The van der Waals surface area contributed by atoms with Crippen molar-refractivity contribution in [2.45, 2.75) is 6.42 Å². The summed E-state index contributed by atoms with van der Waals surface area (Å²) in [5, 5.41) is 4.04. The number of hydrogen-bond acceptors (Lipinski definition) is 6. The van der Waals surface area contributed by atoms with E-state index in [0.717, 1.165) is 17.6 Å². The molecule has 2 amide bonds. The third-order valence-electron chi connectivity index (χ3n) is 1.63. The average molecular weight is 292 g/mol. The summed E-state index contributed by atoms with van der Waals surface area (Å²) in [6.07, 6.45) is 0.961. The Morgan fingerprint density at radius 3 is 2.72 bits per heavy atom. The first-order valence-corrected chi connectivity index (χ1v) is 7.50. The fourth-order valence-corrected chi connectivity index (χ4v) is 2.57. The predicted octanol–water partition coefficient (Wildman–Crippen LogP) is -1.34. The molecule has 1 rings (SSSR count). The van der Waals surface area contributed by atoms with Crippen LogP contribution in [0.5, 0.6) is 0 Å². The van der Waals surface area contributed by atoms with Crippen LogP contribution in [0.25, 0.3) is 0 Å². The minimum atomic E-state index is -3.38. The SMILES string of the molecule is CS(=O)(=O)Nc1nc(CC(=O)NCC(N)=O)cs1.